The smallest absolute Gasteiger partial charge is 0.337 e. The Hall–Kier alpha value is -1.10. The number of aliphatic hydroxyl groups is 1. The van der Waals surface area contributed by atoms with Gasteiger partial charge in [-0.1, -0.05) is 13.8 Å². The lowest BCUT2D eigenvalue weighted by atomic mass is 9.91. The molecule has 0 spiro atoms. The maximum absolute atomic E-state index is 11.8. The molecule has 0 aliphatic heterocycles. The Labute approximate surface area is 94.8 Å². The van der Waals surface area contributed by atoms with E-state index in [4.69, 9.17) is 5.11 Å². The van der Waals surface area contributed by atoms with Gasteiger partial charge in [0.25, 0.3) is 0 Å². The largest absolute Gasteiger partial charge is 0.479 e. The van der Waals surface area contributed by atoms with E-state index in [2.05, 4.69) is 5.32 Å². The Kier molecular flexibility index (Phi) is 3.28. The first-order valence-corrected chi connectivity index (χ1v) is 5.46. The summed E-state index contributed by atoms with van der Waals surface area (Å²) in [5.74, 6) is -1.24. The Morgan fingerprint density at radius 2 is 1.94 bits per heavy atom. The number of hydrogen-bond acceptors (Lipinski definition) is 3. The zero-order chi connectivity index (χ0) is 12.6. The highest BCUT2D eigenvalue weighted by Gasteiger charge is 2.52. The summed E-state index contributed by atoms with van der Waals surface area (Å²) in [6, 6.07) is 0. The highest BCUT2D eigenvalue weighted by molar-refractivity contribution is 5.86. The average molecular weight is 229 g/mol. The van der Waals surface area contributed by atoms with E-state index in [0.29, 0.717) is 0 Å². The van der Waals surface area contributed by atoms with Crippen molar-refractivity contribution in [1.82, 2.24) is 5.32 Å². The number of aliphatic carboxylic acids is 1. The van der Waals surface area contributed by atoms with E-state index in [1.807, 2.05) is 13.8 Å². The normalized spacial score (nSPS) is 21.3. The SMILES string of the molecule is CC(C)C1(C(=O)NCC(C)(O)C(=O)O)CC1. The van der Waals surface area contributed by atoms with Gasteiger partial charge < -0.3 is 15.5 Å². The second kappa shape index (κ2) is 4.05. The molecule has 1 saturated carbocycles. The van der Waals surface area contributed by atoms with Crippen LogP contribution in [0.3, 0.4) is 0 Å². The summed E-state index contributed by atoms with van der Waals surface area (Å²) in [5, 5.41) is 20.7. The molecule has 3 N–H and O–H groups in total. The Bertz CT molecular complexity index is 305. The molecule has 1 unspecified atom stereocenters. The second-order valence-electron chi connectivity index (χ2n) is 5.07. The molecule has 1 atom stereocenters. The summed E-state index contributed by atoms with van der Waals surface area (Å²) in [6.07, 6.45) is 1.68. The van der Waals surface area contributed by atoms with Gasteiger partial charge in [-0.15, -0.1) is 0 Å². The van der Waals surface area contributed by atoms with Crippen LogP contribution in [-0.4, -0.2) is 34.2 Å². The first-order chi connectivity index (χ1) is 7.22. The van der Waals surface area contributed by atoms with Gasteiger partial charge in [0.05, 0.1) is 12.0 Å². The van der Waals surface area contributed by atoms with Gasteiger partial charge in [-0.2, -0.15) is 0 Å². The lowest BCUT2D eigenvalue weighted by Gasteiger charge is -2.23. The molecule has 0 aromatic rings. The predicted molar refractivity (Wildman–Crippen MR) is 57.8 cm³/mol. The Morgan fingerprint density at radius 3 is 2.25 bits per heavy atom. The van der Waals surface area contributed by atoms with Crippen LogP contribution in [0.4, 0.5) is 0 Å². The molecule has 1 amide bonds. The third-order valence-corrected chi connectivity index (χ3v) is 3.40. The van der Waals surface area contributed by atoms with Gasteiger partial charge in [0.15, 0.2) is 5.60 Å². The lowest BCUT2D eigenvalue weighted by molar-refractivity contribution is -0.156. The minimum Gasteiger partial charge on any atom is -0.479 e. The van der Waals surface area contributed by atoms with Crippen LogP contribution >= 0.6 is 0 Å². The van der Waals surface area contributed by atoms with E-state index in [9.17, 15) is 14.7 Å². The fraction of sp³-hybridized carbons (Fsp3) is 0.818. The van der Waals surface area contributed by atoms with Crippen molar-refractivity contribution in [3.05, 3.63) is 0 Å². The zero-order valence-corrected chi connectivity index (χ0v) is 9.91. The van der Waals surface area contributed by atoms with Crippen LogP contribution < -0.4 is 5.32 Å². The molecule has 5 nitrogen and oxygen atoms in total. The first-order valence-electron chi connectivity index (χ1n) is 5.46. The third-order valence-electron chi connectivity index (χ3n) is 3.40. The van der Waals surface area contributed by atoms with Crippen LogP contribution in [0.25, 0.3) is 0 Å². The van der Waals surface area contributed by atoms with Crippen LogP contribution in [0.15, 0.2) is 0 Å². The summed E-state index contributed by atoms with van der Waals surface area (Å²) in [7, 11) is 0. The lowest BCUT2D eigenvalue weighted by Crippen LogP contribution is -2.48. The first kappa shape index (κ1) is 13.0. The van der Waals surface area contributed by atoms with E-state index in [1.165, 1.54) is 6.92 Å². The molecule has 0 aromatic carbocycles. The predicted octanol–water partition coefficient (Wildman–Crippen LogP) is 0.374. The van der Waals surface area contributed by atoms with Crippen molar-refractivity contribution in [1.29, 1.82) is 0 Å². The molecule has 92 valence electrons. The van der Waals surface area contributed by atoms with Crippen molar-refractivity contribution < 1.29 is 19.8 Å². The highest BCUT2D eigenvalue weighted by Crippen LogP contribution is 2.51. The van der Waals surface area contributed by atoms with E-state index in [0.717, 1.165) is 12.8 Å². The summed E-state index contributed by atoms with van der Waals surface area (Å²) in [6.45, 7) is 4.87. The number of rotatable bonds is 5. The van der Waals surface area contributed by atoms with Crippen LogP contribution in [0.2, 0.25) is 0 Å². The monoisotopic (exact) mass is 229 g/mol. The molecule has 0 heterocycles. The van der Waals surface area contributed by atoms with Gasteiger partial charge in [-0.3, -0.25) is 4.79 Å². The molecular weight excluding hydrogens is 210 g/mol. The standard InChI is InChI=1S/C11H19NO4/c1-7(2)11(4-5-11)8(13)12-6-10(3,16)9(14)15/h7,16H,4-6H2,1-3H3,(H,12,13)(H,14,15). The van der Waals surface area contributed by atoms with Crippen molar-refractivity contribution >= 4 is 11.9 Å². The molecule has 0 bridgehead atoms. The minimum absolute atomic E-state index is 0.149. The number of carbonyl (C=O) groups is 2. The van der Waals surface area contributed by atoms with Gasteiger partial charge in [0, 0.05) is 0 Å². The molecule has 1 aliphatic rings. The van der Waals surface area contributed by atoms with Crippen molar-refractivity contribution in [2.75, 3.05) is 6.54 Å². The highest BCUT2D eigenvalue weighted by atomic mass is 16.4. The molecule has 0 saturated heterocycles. The maximum Gasteiger partial charge on any atom is 0.337 e. The topological polar surface area (TPSA) is 86.6 Å². The molecule has 5 heteroatoms. The number of nitrogens with one attached hydrogen (secondary N) is 1. The number of hydrogen-bond donors (Lipinski definition) is 3. The fourth-order valence-corrected chi connectivity index (χ4v) is 1.71. The molecule has 1 fully saturated rings. The van der Waals surface area contributed by atoms with Gasteiger partial charge in [-0.25, -0.2) is 4.79 Å². The number of carboxylic acid groups (broad SMARTS) is 1. The number of carbonyl (C=O) groups excluding carboxylic acids is 1. The third kappa shape index (κ3) is 2.35. The summed E-state index contributed by atoms with van der Waals surface area (Å²) in [5.41, 5.74) is -2.24. The van der Waals surface area contributed by atoms with Gasteiger partial charge in [0.2, 0.25) is 5.91 Å². The fourth-order valence-electron chi connectivity index (χ4n) is 1.71. The Balaban J connectivity index is 2.51. The average Bonchev–Trinajstić information content (AvgIpc) is 2.94. The second-order valence-corrected chi connectivity index (χ2v) is 5.07. The minimum atomic E-state index is -1.90. The molecule has 0 aromatic heterocycles. The van der Waals surface area contributed by atoms with Crippen LogP contribution in [0.1, 0.15) is 33.6 Å². The van der Waals surface area contributed by atoms with E-state index >= 15 is 0 Å². The van der Waals surface area contributed by atoms with E-state index < -0.39 is 11.6 Å². The maximum atomic E-state index is 11.8. The van der Waals surface area contributed by atoms with Crippen LogP contribution in [-0.2, 0) is 9.59 Å². The number of carboxylic acids is 1. The van der Waals surface area contributed by atoms with E-state index in [1.54, 1.807) is 0 Å². The van der Waals surface area contributed by atoms with Crippen LogP contribution in [0.5, 0.6) is 0 Å². The van der Waals surface area contributed by atoms with E-state index in [-0.39, 0.29) is 23.8 Å². The van der Waals surface area contributed by atoms with Gasteiger partial charge in [0.1, 0.15) is 0 Å². The molecule has 1 rings (SSSR count). The summed E-state index contributed by atoms with van der Waals surface area (Å²) in [4.78, 5) is 22.5. The molecule has 1 aliphatic carbocycles. The summed E-state index contributed by atoms with van der Waals surface area (Å²) >= 11 is 0. The van der Waals surface area contributed by atoms with Gasteiger partial charge in [-0.05, 0) is 25.7 Å². The molecular formula is C11H19NO4. The Morgan fingerprint density at radius 1 is 1.44 bits per heavy atom. The molecule has 0 radical (unpaired) electrons. The molecule has 16 heavy (non-hydrogen) atoms. The van der Waals surface area contributed by atoms with Crippen LogP contribution in [0, 0.1) is 11.3 Å². The summed E-state index contributed by atoms with van der Waals surface area (Å²) < 4.78 is 0. The zero-order valence-electron chi connectivity index (χ0n) is 9.91. The van der Waals surface area contributed by atoms with Crippen molar-refractivity contribution in [3.63, 3.8) is 0 Å². The quantitative estimate of drug-likeness (QED) is 0.636. The van der Waals surface area contributed by atoms with Crippen molar-refractivity contribution in [2.24, 2.45) is 11.3 Å². The van der Waals surface area contributed by atoms with Crippen molar-refractivity contribution in [2.45, 2.75) is 39.2 Å². The van der Waals surface area contributed by atoms with Crippen molar-refractivity contribution in [3.8, 4) is 0 Å². The number of amides is 1. The van der Waals surface area contributed by atoms with Gasteiger partial charge >= 0.3 is 5.97 Å².